The van der Waals surface area contributed by atoms with Gasteiger partial charge in [0.15, 0.2) is 0 Å². The first-order valence-electron chi connectivity index (χ1n) is 9.24. The van der Waals surface area contributed by atoms with Crippen LogP contribution < -0.4 is 15.2 Å². The van der Waals surface area contributed by atoms with Gasteiger partial charge < -0.3 is 19.3 Å². The summed E-state index contributed by atoms with van der Waals surface area (Å²) in [4.78, 5) is 17.8. The summed E-state index contributed by atoms with van der Waals surface area (Å²) in [5.74, 6) is 1.20. The van der Waals surface area contributed by atoms with Crippen LogP contribution in [0.15, 0.2) is 29.4 Å². The van der Waals surface area contributed by atoms with Crippen molar-refractivity contribution in [1.82, 2.24) is 15.0 Å². The number of halogens is 1. The van der Waals surface area contributed by atoms with Gasteiger partial charge in [-0.25, -0.2) is 9.82 Å². The average Bonchev–Trinajstić information content (AvgIpc) is 2.75. The fourth-order valence-electron chi connectivity index (χ4n) is 2.96. The second-order valence-corrected chi connectivity index (χ2v) is 6.38. The molecular formula is C18H22FN7O2. The largest absolute Gasteiger partial charge is 0.378 e. The molecule has 4 rings (SSSR count). The molecule has 0 spiro atoms. The van der Waals surface area contributed by atoms with Crippen molar-refractivity contribution in [3.8, 4) is 0 Å². The van der Waals surface area contributed by atoms with Crippen LogP contribution in [0.4, 0.5) is 22.2 Å². The van der Waals surface area contributed by atoms with Crippen LogP contribution in [0.1, 0.15) is 5.56 Å². The van der Waals surface area contributed by atoms with E-state index in [1.807, 2.05) is 0 Å². The van der Waals surface area contributed by atoms with Crippen molar-refractivity contribution >= 4 is 24.1 Å². The number of benzene rings is 1. The van der Waals surface area contributed by atoms with Gasteiger partial charge in [-0.05, 0) is 17.7 Å². The molecular weight excluding hydrogens is 365 g/mol. The molecule has 3 heterocycles. The van der Waals surface area contributed by atoms with E-state index in [2.05, 4.69) is 35.3 Å². The van der Waals surface area contributed by atoms with Crippen molar-refractivity contribution in [2.75, 3.05) is 67.8 Å². The zero-order chi connectivity index (χ0) is 19.2. The van der Waals surface area contributed by atoms with Crippen LogP contribution in [0.5, 0.6) is 0 Å². The van der Waals surface area contributed by atoms with E-state index in [-0.39, 0.29) is 5.82 Å². The molecule has 0 atom stereocenters. The molecule has 2 aliphatic heterocycles. The van der Waals surface area contributed by atoms with Gasteiger partial charge in [0.1, 0.15) is 5.82 Å². The maximum absolute atomic E-state index is 13.3. The predicted molar refractivity (Wildman–Crippen MR) is 104 cm³/mol. The van der Waals surface area contributed by atoms with Gasteiger partial charge in [-0.3, -0.25) is 0 Å². The number of hydrogen-bond acceptors (Lipinski definition) is 9. The Morgan fingerprint density at radius 2 is 1.54 bits per heavy atom. The topological polar surface area (TPSA) is 88.0 Å². The molecule has 1 aromatic carbocycles. The van der Waals surface area contributed by atoms with Gasteiger partial charge in [-0.2, -0.15) is 20.1 Å². The number of morpholine rings is 2. The standard InChI is InChI=1S/C18H22FN7O2/c19-15-3-1-2-14(12-15)13-20-24-16-21-17(25-4-8-27-9-5-25)23-18(22-16)26-6-10-28-11-7-26/h1-3,12-13H,4-11H2,(H,21,22,23,24). The van der Waals surface area contributed by atoms with Crippen LogP contribution in [-0.4, -0.2) is 73.8 Å². The monoisotopic (exact) mass is 387 g/mol. The van der Waals surface area contributed by atoms with Crippen molar-refractivity contribution in [3.63, 3.8) is 0 Å². The molecule has 2 saturated heterocycles. The molecule has 0 saturated carbocycles. The van der Waals surface area contributed by atoms with E-state index in [1.54, 1.807) is 12.1 Å². The Balaban J connectivity index is 1.55. The van der Waals surface area contributed by atoms with Gasteiger partial charge in [-0.1, -0.05) is 12.1 Å². The van der Waals surface area contributed by atoms with Crippen molar-refractivity contribution < 1.29 is 13.9 Å². The first-order valence-corrected chi connectivity index (χ1v) is 9.24. The Morgan fingerprint density at radius 1 is 0.929 bits per heavy atom. The Bertz CT molecular complexity index is 787. The summed E-state index contributed by atoms with van der Waals surface area (Å²) >= 11 is 0. The first-order chi connectivity index (χ1) is 13.8. The van der Waals surface area contributed by atoms with E-state index in [0.717, 1.165) is 26.2 Å². The van der Waals surface area contributed by atoms with E-state index in [4.69, 9.17) is 9.47 Å². The second-order valence-electron chi connectivity index (χ2n) is 6.38. The molecule has 2 fully saturated rings. The number of nitrogens with one attached hydrogen (secondary N) is 1. The maximum Gasteiger partial charge on any atom is 0.250 e. The lowest BCUT2D eigenvalue weighted by Crippen LogP contribution is -2.40. The van der Waals surface area contributed by atoms with Crippen LogP contribution in [-0.2, 0) is 9.47 Å². The van der Waals surface area contributed by atoms with Gasteiger partial charge in [0.2, 0.25) is 17.8 Å². The van der Waals surface area contributed by atoms with Crippen LogP contribution in [0.3, 0.4) is 0 Å². The van der Waals surface area contributed by atoms with E-state index in [0.29, 0.717) is 49.8 Å². The lowest BCUT2D eigenvalue weighted by Gasteiger charge is -2.30. The third-order valence-electron chi connectivity index (χ3n) is 4.43. The number of hydrazone groups is 1. The van der Waals surface area contributed by atoms with E-state index in [9.17, 15) is 4.39 Å². The Morgan fingerprint density at radius 3 is 2.11 bits per heavy atom. The molecule has 0 unspecified atom stereocenters. The summed E-state index contributed by atoms with van der Waals surface area (Å²) in [5, 5.41) is 4.14. The SMILES string of the molecule is Fc1cccc(C=NNc2nc(N3CCOCC3)nc(N3CCOCC3)n2)c1. The molecule has 0 radical (unpaired) electrons. The number of hydrogen-bond donors (Lipinski definition) is 1. The zero-order valence-corrected chi connectivity index (χ0v) is 15.4. The van der Waals surface area contributed by atoms with Gasteiger partial charge in [-0.15, -0.1) is 0 Å². The van der Waals surface area contributed by atoms with Gasteiger partial charge in [0, 0.05) is 26.2 Å². The minimum absolute atomic E-state index is 0.312. The van der Waals surface area contributed by atoms with E-state index in [1.165, 1.54) is 18.3 Å². The number of nitrogens with zero attached hydrogens (tertiary/aromatic N) is 6. The lowest BCUT2D eigenvalue weighted by atomic mass is 10.2. The molecule has 1 aromatic heterocycles. The van der Waals surface area contributed by atoms with Crippen LogP contribution >= 0.6 is 0 Å². The summed E-state index contributed by atoms with van der Waals surface area (Å²) in [5.41, 5.74) is 3.48. The highest BCUT2D eigenvalue weighted by atomic mass is 19.1. The highest BCUT2D eigenvalue weighted by molar-refractivity contribution is 5.79. The molecule has 148 valence electrons. The third-order valence-corrected chi connectivity index (χ3v) is 4.43. The Labute approximate surface area is 162 Å². The molecule has 28 heavy (non-hydrogen) atoms. The van der Waals surface area contributed by atoms with E-state index >= 15 is 0 Å². The molecule has 0 amide bonds. The summed E-state index contributed by atoms with van der Waals surface area (Å²) in [6, 6.07) is 6.18. The Kier molecular flexibility index (Phi) is 5.88. The summed E-state index contributed by atoms with van der Waals surface area (Å²) in [6.45, 7) is 5.44. The molecule has 2 aromatic rings. The Hall–Kier alpha value is -2.85. The smallest absolute Gasteiger partial charge is 0.250 e. The van der Waals surface area contributed by atoms with Crippen molar-refractivity contribution in [3.05, 3.63) is 35.6 Å². The molecule has 0 bridgehead atoms. The highest BCUT2D eigenvalue weighted by Gasteiger charge is 2.20. The molecule has 9 nitrogen and oxygen atoms in total. The summed E-state index contributed by atoms with van der Waals surface area (Å²) < 4.78 is 24.1. The molecule has 1 N–H and O–H groups in total. The second kappa shape index (κ2) is 8.89. The summed E-state index contributed by atoms with van der Waals surface area (Å²) in [7, 11) is 0. The number of ether oxygens (including phenoxy) is 2. The normalized spacial score (nSPS) is 17.9. The first kappa shape index (κ1) is 18.5. The van der Waals surface area contributed by atoms with E-state index < -0.39 is 0 Å². The van der Waals surface area contributed by atoms with Crippen LogP contribution in [0, 0.1) is 5.82 Å². The molecule has 10 heteroatoms. The van der Waals surface area contributed by atoms with Crippen molar-refractivity contribution in [1.29, 1.82) is 0 Å². The maximum atomic E-state index is 13.3. The molecule has 0 aliphatic carbocycles. The van der Waals surface area contributed by atoms with Crippen LogP contribution in [0.2, 0.25) is 0 Å². The van der Waals surface area contributed by atoms with Crippen LogP contribution in [0.25, 0.3) is 0 Å². The number of anilines is 3. The minimum Gasteiger partial charge on any atom is -0.378 e. The van der Waals surface area contributed by atoms with Crippen molar-refractivity contribution in [2.45, 2.75) is 0 Å². The van der Waals surface area contributed by atoms with Crippen molar-refractivity contribution in [2.24, 2.45) is 5.10 Å². The number of rotatable bonds is 5. The van der Waals surface area contributed by atoms with Gasteiger partial charge >= 0.3 is 0 Å². The highest BCUT2D eigenvalue weighted by Crippen LogP contribution is 2.18. The zero-order valence-electron chi connectivity index (χ0n) is 15.4. The van der Waals surface area contributed by atoms with Gasteiger partial charge in [0.25, 0.3) is 0 Å². The fourth-order valence-corrected chi connectivity index (χ4v) is 2.96. The lowest BCUT2D eigenvalue weighted by molar-refractivity contribution is 0.121. The molecule has 2 aliphatic rings. The number of aromatic nitrogens is 3. The third kappa shape index (κ3) is 4.70. The average molecular weight is 387 g/mol. The summed E-state index contributed by atoms with van der Waals surface area (Å²) in [6.07, 6.45) is 1.52. The van der Waals surface area contributed by atoms with Gasteiger partial charge in [0.05, 0.1) is 32.6 Å². The predicted octanol–water partition coefficient (Wildman–Crippen LogP) is 1.13. The quantitative estimate of drug-likeness (QED) is 0.604. The fraction of sp³-hybridized carbons (Fsp3) is 0.444. The minimum atomic E-state index is -0.312.